The van der Waals surface area contributed by atoms with Gasteiger partial charge in [0.25, 0.3) is 5.91 Å². The van der Waals surface area contributed by atoms with Crippen LogP contribution in [0.2, 0.25) is 0 Å². The quantitative estimate of drug-likeness (QED) is 0.412. The van der Waals surface area contributed by atoms with Gasteiger partial charge in [0.1, 0.15) is 12.3 Å². The molecule has 2 amide bonds. The molecule has 0 fully saturated rings. The second-order valence-electron chi connectivity index (χ2n) is 9.71. The van der Waals surface area contributed by atoms with Crippen LogP contribution in [-0.4, -0.2) is 32.6 Å². The first kappa shape index (κ1) is 24.7. The van der Waals surface area contributed by atoms with Crippen LogP contribution in [-0.2, 0) is 17.9 Å². The van der Waals surface area contributed by atoms with Crippen molar-refractivity contribution in [2.24, 2.45) is 5.41 Å². The Bertz CT molecular complexity index is 1440. The molecule has 0 saturated carbocycles. The molecule has 0 aliphatic heterocycles. The molecule has 0 saturated heterocycles. The van der Waals surface area contributed by atoms with Gasteiger partial charge < -0.3 is 15.1 Å². The maximum atomic E-state index is 13.4. The van der Waals surface area contributed by atoms with E-state index in [-0.39, 0.29) is 18.1 Å². The molecular weight excluding hydrogens is 456 g/mol. The number of fused-ring (bicyclic) bond motifs is 1. The zero-order valence-electron chi connectivity index (χ0n) is 20.7. The monoisotopic (exact) mass is 484 g/mol. The molecule has 0 aliphatic rings. The van der Waals surface area contributed by atoms with Crippen LogP contribution in [0.15, 0.2) is 59.2 Å². The van der Waals surface area contributed by atoms with Crippen molar-refractivity contribution in [1.82, 2.24) is 25.4 Å². The molecule has 4 aromatic rings. The highest BCUT2D eigenvalue weighted by atomic mass is 16.3. The first-order valence-electron chi connectivity index (χ1n) is 11.6. The lowest BCUT2D eigenvalue weighted by molar-refractivity contribution is -0.125. The Balaban J connectivity index is 1.56. The van der Waals surface area contributed by atoms with Crippen LogP contribution >= 0.6 is 0 Å². The molecular formula is C27H28N6O3. The molecule has 2 aromatic heterocycles. The Hall–Kier alpha value is -4.45. The van der Waals surface area contributed by atoms with E-state index in [0.717, 1.165) is 16.8 Å². The maximum Gasteiger partial charge on any atom is 0.273 e. The zero-order valence-corrected chi connectivity index (χ0v) is 20.7. The van der Waals surface area contributed by atoms with Crippen LogP contribution in [0, 0.1) is 23.7 Å². The van der Waals surface area contributed by atoms with Gasteiger partial charge in [0.2, 0.25) is 11.8 Å². The van der Waals surface area contributed by atoms with Gasteiger partial charge in [-0.25, -0.2) is 4.98 Å². The number of hydrogen-bond donors (Lipinski definition) is 2. The lowest BCUT2D eigenvalue weighted by Crippen LogP contribution is -2.53. The van der Waals surface area contributed by atoms with Gasteiger partial charge in [-0.3, -0.25) is 14.3 Å². The van der Waals surface area contributed by atoms with Gasteiger partial charge in [-0.2, -0.15) is 10.4 Å². The number of carbonyl (C=O) groups excluding carboxylic acids is 2. The van der Waals surface area contributed by atoms with Gasteiger partial charge in [-0.15, -0.1) is 0 Å². The number of carbonyl (C=O) groups is 2. The van der Waals surface area contributed by atoms with Crippen molar-refractivity contribution in [3.05, 3.63) is 83.2 Å². The number of rotatable bonds is 7. The molecule has 0 bridgehead atoms. The van der Waals surface area contributed by atoms with E-state index >= 15 is 0 Å². The number of nitriles is 1. The highest BCUT2D eigenvalue weighted by molar-refractivity contribution is 6.06. The third-order valence-electron chi connectivity index (χ3n) is 5.77. The molecule has 2 heterocycles. The lowest BCUT2D eigenvalue weighted by Gasteiger charge is -2.30. The van der Waals surface area contributed by atoms with E-state index in [0.29, 0.717) is 23.4 Å². The molecule has 0 spiro atoms. The van der Waals surface area contributed by atoms with E-state index in [4.69, 9.17) is 9.68 Å². The SMILES string of the molecule is Cc1coc(CNC(=O)[C@@H](NC(=O)c2nn(Cc3ccc(C#N)cc3)c3ccccc23)C(C)(C)C)n1. The average molecular weight is 485 g/mol. The Morgan fingerprint density at radius 1 is 1.14 bits per heavy atom. The predicted octanol–water partition coefficient (Wildman–Crippen LogP) is 3.71. The number of benzene rings is 2. The van der Waals surface area contributed by atoms with Gasteiger partial charge in [0.05, 0.1) is 35.9 Å². The van der Waals surface area contributed by atoms with Crippen LogP contribution in [0.25, 0.3) is 10.9 Å². The number of para-hydroxylation sites is 1. The minimum atomic E-state index is -0.816. The Morgan fingerprint density at radius 3 is 2.50 bits per heavy atom. The molecule has 1 atom stereocenters. The summed E-state index contributed by atoms with van der Waals surface area (Å²) in [6.07, 6.45) is 1.52. The van der Waals surface area contributed by atoms with E-state index in [1.807, 2.05) is 57.2 Å². The topological polar surface area (TPSA) is 126 Å². The fraction of sp³-hybridized carbons (Fsp3) is 0.296. The average Bonchev–Trinajstić information content (AvgIpc) is 3.44. The second-order valence-corrected chi connectivity index (χ2v) is 9.71. The molecule has 4 rings (SSSR count). The first-order valence-corrected chi connectivity index (χ1v) is 11.6. The molecule has 0 aliphatic carbocycles. The number of amides is 2. The minimum Gasteiger partial charge on any atom is -0.447 e. The van der Waals surface area contributed by atoms with Crippen molar-refractivity contribution in [1.29, 1.82) is 5.26 Å². The summed E-state index contributed by atoms with van der Waals surface area (Å²) in [7, 11) is 0. The lowest BCUT2D eigenvalue weighted by atomic mass is 9.86. The molecule has 9 heteroatoms. The van der Waals surface area contributed by atoms with Crippen LogP contribution in [0.3, 0.4) is 0 Å². The largest absolute Gasteiger partial charge is 0.447 e. The zero-order chi connectivity index (χ0) is 25.9. The van der Waals surface area contributed by atoms with Gasteiger partial charge in [0, 0.05) is 5.39 Å². The summed E-state index contributed by atoms with van der Waals surface area (Å²) in [4.78, 5) is 30.7. The van der Waals surface area contributed by atoms with Crippen molar-refractivity contribution in [3.63, 3.8) is 0 Å². The molecule has 0 unspecified atom stereocenters. The molecule has 36 heavy (non-hydrogen) atoms. The Kier molecular flexibility index (Phi) is 6.88. The van der Waals surface area contributed by atoms with E-state index in [2.05, 4.69) is 26.8 Å². The molecule has 2 aromatic carbocycles. The number of oxazole rings is 1. The van der Waals surface area contributed by atoms with Crippen LogP contribution in [0.4, 0.5) is 0 Å². The molecule has 0 radical (unpaired) electrons. The highest BCUT2D eigenvalue weighted by Gasteiger charge is 2.34. The van der Waals surface area contributed by atoms with E-state index < -0.39 is 17.4 Å². The smallest absolute Gasteiger partial charge is 0.273 e. The highest BCUT2D eigenvalue weighted by Crippen LogP contribution is 2.23. The van der Waals surface area contributed by atoms with Crippen molar-refractivity contribution in [3.8, 4) is 6.07 Å². The molecule has 9 nitrogen and oxygen atoms in total. The van der Waals surface area contributed by atoms with Crippen LogP contribution in [0.5, 0.6) is 0 Å². The number of aromatic nitrogens is 3. The normalized spacial score (nSPS) is 12.2. The molecule has 2 N–H and O–H groups in total. The third-order valence-corrected chi connectivity index (χ3v) is 5.77. The van der Waals surface area contributed by atoms with Crippen molar-refractivity contribution < 1.29 is 14.0 Å². The minimum absolute atomic E-state index is 0.122. The fourth-order valence-corrected chi connectivity index (χ4v) is 3.90. The third kappa shape index (κ3) is 5.44. The van der Waals surface area contributed by atoms with Gasteiger partial charge in [-0.05, 0) is 36.1 Å². The van der Waals surface area contributed by atoms with Crippen molar-refractivity contribution in [2.75, 3.05) is 0 Å². The van der Waals surface area contributed by atoms with Gasteiger partial charge >= 0.3 is 0 Å². The predicted molar refractivity (Wildman–Crippen MR) is 134 cm³/mol. The van der Waals surface area contributed by atoms with Gasteiger partial charge in [0.15, 0.2) is 5.69 Å². The van der Waals surface area contributed by atoms with Gasteiger partial charge in [-0.1, -0.05) is 51.1 Å². The molecule has 184 valence electrons. The number of aryl methyl sites for hydroxylation is 1. The second kappa shape index (κ2) is 10.0. The number of hydrogen-bond acceptors (Lipinski definition) is 6. The summed E-state index contributed by atoms with van der Waals surface area (Å²) < 4.78 is 7.05. The van der Waals surface area contributed by atoms with Crippen LogP contribution in [0.1, 0.15) is 54.0 Å². The summed E-state index contributed by atoms with van der Waals surface area (Å²) in [5.41, 5.74) is 2.72. The fourth-order valence-electron chi connectivity index (χ4n) is 3.90. The van der Waals surface area contributed by atoms with Crippen LogP contribution < -0.4 is 10.6 Å². The van der Waals surface area contributed by atoms with E-state index in [9.17, 15) is 9.59 Å². The number of nitrogens with zero attached hydrogens (tertiary/aromatic N) is 4. The Morgan fingerprint density at radius 2 is 1.86 bits per heavy atom. The summed E-state index contributed by atoms with van der Waals surface area (Å²) in [6.45, 7) is 8.00. The standard InChI is InChI=1S/C27H28N6O3/c1-17-16-36-22(30-17)14-29-26(35)24(27(2,3)4)31-25(34)23-20-7-5-6-8-21(20)33(32-23)15-19-11-9-18(13-28)10-12-19/h5-12,16,24H,14-15H2,1-4H3,(H,29,35)(H,31,34)/t24-/m1/s1. The summed E-state index contributed by atoms with van der Waals surface area (Å²) in [5, 5.41) is 20.0. The van der Waals surface area contributed by atoms with E-state index in [1.54, 1.807) is 23.7 Å². The summed E-state index contributed by atoms with van der Waals surface area (Å²) in [5.74, 6) is -0.382. The number of nitrogens with one attached hydrogen (secondary N) is 2. The van der Waals surface area contributed by atoms with Crippen molar-refractivity contribution in [2.45, 2.75) is 46.8 Å². The Labute approximate surface area is 209 Å². The van der Waals surface area contributed by atoms with E-state index in [1.165, 1.54) is 6.26 Å². The maximum absolute atomic E-state index is 13.4. The van der Waals surface area contributed by atoms with Crippen molar-refractivity contribution >= 4 is 22.7 Å². The summed E-state index contributed by atoms with van der Waals surface area (Å²) in [6, 6.07) is 16.0. The summed E-state index contributed by atoms with van der Waals surface area (Å²) >= 11 is 0. The first-order chi connectivity index (χ1) is 17.2.